The van der Waals surface area contributed by atoms with Crippen LogP contribution in [0.2, 0.25) is 0 Å². The van der Waals surface area contributed by atoms with Crippen LogP contribution in [0.3, 0.4) is 0 Å². The lowest BCUT2D eigenvalue weighted by molar-refractivity contribution is 0.411. The van der Waals surface area contributed by atoms with Gasteiger partial charge >= 0.3 is 0 Å². The Morgan fingerprint density at radius 1 is 1.37 bits per heavy atom. The Bertz CT molecular complexity index is 516. The molecule has 0 spiro atoms. The molecule has 1 aromatic carbocycles. The summed E-state index contributed by atoms with van der Waals surface area (Å²) in [5.74, 6) is 0.336. The van der Waals surface area contributed by atoms with Crippen molar-refractivity contribution >= 4 is 9.84 Å². The van der Waals surface area contributed by atoms with Gasteiger partial charge in [-0.2, -0.15) is 0 Å². The third kappa shape index (κ3) is 4.58. The summed E-state index contributed by atoms with van der Waals surface area (Å²) in [5.41, 5.74) is 0.962. The monoisotopic (exact) mass is 285 g/mol. The van der Waals surface area contributed by atoms with Crippen molar-refractivity contribution in [1.29, 1.82) is 0 Å². The van der Waals surface area contributed by atoms with Crippen LogP contribution in [0.4, 0.5) is 4.39 Å². The minimum Gasteiger partial charge on any atom is -0.311 e. The van der Waals surface area contributed by atoms with Gasteiger partial charge in [0.2, 0.25) is 0 Å². The Hall–Kier alpha value is -0.940. The summed E-state index contributed by atoms with van der Waals surface area (Å²) < 4.78 is 35.8. The van der Waals surface area contributed by atoms with Crippen LogP contribution in [-0.2, 0) is 16.3 Å². The second-order valence-electron chi connectivity index (χ2n) is 5.33. The van der Waals surface area contributed by atoms with Crippen LogP contribution in [0, 0.1) is 5.82 Å². The van der Waals surface area contributed by atoms with Gasteiger partial charge in [-0.3, -0.25) is 0 Å². The minimum absolute atomic E-state index is 0.214. The van der Waals surface area contributed by atoms with Crippen LogP contribution in [0.5, 0.6) is 0 Å². The lowest BCUT2D eigenvalue weighted by Crippen LogP contribution is -2.42. The van der Waals surface area contributed by atoms with Gasteiger partial charge in [0.25, 0.3) is 0 Å². The topological polar surface area (TPSA) is 46.2 Å². The van der Waals surface area contributed by atoms with Crippen molar-refractivity contribution in [2.75, 3.05) is 11.5 Å². The van der Waals surface area contributed by atoms with Gasteiger partial charge < -0.3 is 5.32 Å². The zero-order valence-electron chi connectivity index (χ0n) is 11.1. The fourth-order valence-corrected chi connectivity index (χ4v) is 4.03. The summed E-state index contributed by atoms with van der Waals surface area (Å²) in [6, 6.07) is 7.08. The molecular formula is C14H20FNO2S. The van der Waals surface area contributed by atoms with Crippen molar-refractivity contribution in [3.8, 4) is 0 Å². The maximum Gasteiger partial charge on any atom is 0.150 e. The van der Waals surface area contributed by atoms with Crippen LogP contribution < -0.4 is 5.32 Å². The Balaban J connectivity index is 1.83. The first-order valence-electron chi connectivity index (χ1n) is 6.65. The molecule has 2 rings (SSSR count). The third-order valence-electron chi connectivity index (χ3n) is 3.51. The van der Waals surface area contributed by atoms with Crippen LogP contribution >= 0.6 is 0 Å². The van der Waals surface area contributed by atoms with E-state index in [0.29, 0.717) is 12.8 Å². The maximum atomic E-state index is 13.1. The fourth-order valence-electron chi connectivity index (χ4n) is 2.54. The van der Waals surface area contributed by atoms with E-state index < -0.39 is 9.84 Å². The van der Waals surface area contributed by atoms with Crippen molar-refractivity contribution < 1.29 is 12.8 Å². The summed E-state index contributed by atoms with van der Waals surface area (Å²) in [6.07, 6.45) is 2.10. The molecule has 0 aromatic heterocycles. The molecule has 1 fully saturated rings. The Morgan fingerprint density at radius 3 is 2.68 bits per heavy atom. The molecule has 0 radical (unpaired) electrons. The standard InChI is InChI=1S/C14H20FNO2S/c1-11(9-12-3-2-4-13(15)10-12)16-14-5-7-19(17,18)8-6-14/h2-4,10-11,14,16H,5-9H2,1H3. The maximum absolute atomic E-state index is 13.1. The van der Waals surface area contributed by atoms with Crippen LogP contribution in [0.25, 0.3) is 0 Å². The number of rotatable bonds is 4. The number of hydrogen-bond acceptors (Lipinski definition) is 3. The molecule has 5 heteroatoms. The van der Waals surface area contributed by atoms with Gasteiger partial charge in [0, 0.05) is 12.1 Å². The quantitative estimate of drug-likeness (QED) is 0.919. The first-order valence-corrected chi connectivity index (χ1v) is 8.48. The summed E-state index contributed by atoms with van der Waals surface area (Å²) in [5, 5.41) is 3.44. The number of nitrogens with one attached hydrogen (secondary N) is 1. The van der Waals surface area contributed by atoms with E-state index in [0.717, 1.165) is 12.0 Å². The molecule has 0 aliphatic carbocycles. The van der Waals surface area contributed by atoms with Crippen molar-refractivity contribution in [2.45, 2.75) is 38.3 Å². The minimum atomic E-state index is -2.81. The van der Waals surface area contributed by atoms with Crippen LogP contribution in [-0.4, -0.2) is 32.0 Å². The number of benzene rings is 1. The normalized spacial score (nSPS) is 21.2. The molecule has 0 amide bonds. The van der Waals surface area contributed by atoms with Gasteiger partial charge in [-0.15, -0.1) is 0 Å². The largest absolute Gasteiger partial charge is 0.311 e. The van der Waals surface area contributed by atoms with E-state index in [1.54, 1.807) is 12.1 Å². The molecule has 1 aromatic rings. The highest BCUT2D eigenvalue weighted by Crippen LogP contribution is 2.14. The van der Waals surface area contributed by atoms with E-state index >= 15 is 0 Å². The van der Waals surface area contributed by atoms with Crippen molar-refractivity contribution in [1.82, 2.24) is 5.32 Å². The predicted octanol–water partition coefficient (Wildman–Crippen LogP) is 1.92. The average molecular weight is 285 g/mol. The SMILES string of the molecule is CC(Cc1cccc(F)c1)NC1CCS(=O)(=O)CC1. The number of halogens is 1. The second kappa shape index (κ2) is 6.01. The fraction of sp³-hybridized carbons (Fsp3) is 0.571. The molecule has 0 saturated carbocycles. The first-order chi connectivity index (χ1) is 8.94. The second-order valence-corrected chi connectivity index (χ2v) is 7.63. The summed E-state index contributed by atoms with van der Waals surface area (Å²) in [4.78, 5) is 0. The van der Waals surface area contributed by atoms with Crippen molar-refractivity contribution in [3.63, 3.8) is 0 Å². The molecule has 19 heavy (non-hydrogen) atoms. The average Bonchev–Trinajstić information content (AvgIpc) is 2.32. The highest BCUT2D eigenvalue weighted by atomic mass is 32.2. The highest BCUT2D eigenvalue weighted by molar-refractivity contribution is 7.91. The molecule has 1 N–H and O–H groups in total. The van der Waals surface area contributed by atoms with Crippen LogP contribution in [0.1, 0.15) is 25.3 Å². The molecule has 1 atom stereocenters. The van der Waals surface area contributed by atoms with Crippen LogP contribution in [0.15, 0.2) is 24.3 Å². The third-order valence-corrected chi connectivity index (χ3v) is 5.22. The van der Waals surface area contributed by atoms with E-state index in [4.69, 9.17) is 0 Å². The lowest BCUT2D eigenvalue weighted by atomic mass is 10.0. The van der Waals surface area contributed by atoms with E-state index in [1.807, 2.05) is 13.0 Å². The molecule has 1 heterocycles. The predicted molar refractivity (Wildman–Crippen MR) is 74.4 cm³/mol. The molecule has 1 aliphatic rings. The molecule has 1 aliphatic heterocycles. The van der Waals surface area contributed by atoms with Gasteiger partial charge in [0.05, 0.1) is 11.5 Å². The Labute approximate surface area is 114 Å². The van der Waals surface area contributed by atoms with E-state index in [2.05, 4.69) is 5.32 Å². The van der Waals surface area contributed by atoms with Crippen molar-refractivity contribution in [2.24, 2.45) is 0 Å². The van der Waals surface area contributed by atoms with Gasteiger partial charge in [-0.1, -0.05) is 12.1 Å². The Morgan fingerprint density at radius 2 is 2.05 bits per heavy atom. The molecule has 0 bridgehead atoms. The van der Waals surface area contributed by atoms with Gasteiger partial charge in [0.15, 0.2) is 0 Å². The van der Waals surface area contributed by atoms with Gasteiger partial charge in [-0.05, 0) is 43.9 Å². The first kappa shape index (κ1) is 14.5. The molecule has 1 saturated heterocycles. The molecule has 1 unspecified atom stereocenters. The molecule has 106 valence electrons. The zero-order chi connectivity index (χ0) is 13.9. The zero-order valence-corrected chi connectivity index (χ0v) is 11.9. The summed E-state index contributed by atoms with van der Waals surface area (Å²) >= 11 is 0. The number of sulfone groups is 1. The van der Waals surface area contributed by atoms with Crippen molar-refractivity contribution in [3.05, 3.63) is 35.6 Å². The van der Waals surface area contributed by atoms with E-state index in [-0.39, 0.29) is 29.4 Å². The van der Waals surface area contributed by atoms with E-state index in [9.17, 15) is 12.8 Å². The lowest BCUT2D eigenvalue weighted by Gasteiger charge is -2.26. The highest BCUT2D eigenvalue weighted by Gasteiger charge is 2.24. The summed E-state index contributed by atoms with van der Waals surface area (Å²) in [6.45, 7) is 2.05. The van der Waals surface area contributed by atoms with E-state index in [1.165, 1.54) is 6.07 Å². The van der Waals surface area contributed by atoms with Gasteiger partial charge in [0.1, 0.15) is 15.7 Å². The smallest absolute Gasteiger partial charge is 0.150 e. The molecule has 3 nitrogen and oxygen atoms in total. The molecular weight excluding hydrogens is 265 g/mol. The van der Waals surface area contributed by atoms with Gasteiger partial charge in [-0.25, -0.2) is 12.8 Å². The summed E-state index contributed by atoms with van der Waals surface area (Å²) in [7, 11) is -2.81. The number of hydrogen-bond donors (Lipinski definition) is 1. The Kier molecular flexibility index (Phi) is 4.58.